The van der Waals surface area contributed by atoms with Crippen LogP contribution in [0.1, 0.15) is 35.3 Å². The van der Waals surface area contributed by atoms with Crippen LogP contribution in [0.2, 0.25) is 0 Å². The number of benzene rings is 2. The first kappa shape index (κ1) is 20.8. The summed E-state index contributed by atoms with van der Waals surface area (Å²) < 4.78 is 16.7. The Morgan fingerprint density at radius 3 is 2.59 bits per heavy atom. The van der Waals surface area contributed by atoms with Crippen molar-refractivity contribution in [1.82, 2.24) is 20.0 Å². The third kappa shape index (κ3) is 3.26. The second-order valence-corrected chi connectivity index (χ2v) is 9.50. The van der Waals surface area contributed by atoms with Gasteiger partial charge in [-0.15, -0.1) is 0 Å². The Morgan fingerprint density at radius 1 is 1.09 bits per heavy atom. The fraction of sp³-hybridized carbons (Fsp3) is 0.360. The van der Waals surface area contributed by atoms with Gasteiger partial charge in [-0.2, -0.15) is 5.10 Å². The monoisotopic (exact) mass is 461 g/mol. The highest BCUT2D eigenvalue weighted by molar-refractivity contribution is 6.04. The second kappa shape index (κ2) is 7.38. The molecule has 3 fully saturated rings. The first-order valence-corrected chi connectivity index (χ1v) is 11.5. The number of para-hydroxylation sites is 1. The van der Waals surface area contributed by atoms with Crippen LogP contribution >= 0.6 is 0 Å². The number of nitrogens with zero attached hydrogens (tertiary/aromatic N) is 3. The molecule has 1 saturated heterocycles. The smallest absolute Gasteiger partial charge is 0.269 e. The van der Waals surface area contributed by atoms with Gasteiger partial charge in [0.05, 0.1) is 11.6 Å². The third-order valence-electron chi connectivity index (χ3n) is 7.33. The summed E-state index contributed by atoms with van der Waals surface area (Å²) in [7, 11) is 0. The second-order valence-electron chi connectivity index (χ2n) is 9.50. The molecular weight excluding hydrogens is 437 g/mol. The lowest BCUT2D eigenvalue weighted by Gasteiger charge is -2.27. The van der Waals surface area contributed by atoms with Gasteiger partial charge in [0.15, 0.2) is 11.4 Å². The number of piperidine rings is 1. The van der Waals surface area contributed by atoms with Crippen LogP contribution in [0.3, 0.4) is 0 Å². The summed E-state index contributed by atoms with van der Waals surface area (Å²) in [4.78, 5) is 39.9. The van der Waals surface area contributed by atoms with E-state index < -0.39 is 23.7 Å². The minimum Gasteiger partial charge on any atom is -0.364 e. The van der Waals surface area contributed by atoms with E-state index in [1.165, 1.54) is 4.68 Å². The lowest BCUT2D eigenvalue weighted by atomic mass is 10.1. The summed E-state index contributed by atoms with van der Waals surface area (Å²) in [5, 5.41) is 7.68. The van der Waals surface area contributed by atoms with Crippen LogP contribution in [0.25, 0.3) is 10.9 Å². The van der Waals surface area contributed by atoms with Crippen LogP contribution in [0, 0.1) is 5.92 Å². The maximum atomic E-state index is 15.2. The molecule has 1 aromatic heterocycles. The van der Waals surface area contributed by atoms with Gasteiger partial charge in [0, 0.05) is 17.8 Å². The number of primary amides is 1. The zero-order valence-electron chi connectivity index (χ0n) is 18.4. The number of fused-ring (bicyclic) bond motifs is 2. The standard InChI is InChI=1S/C25H24FN5O3/c26-25(15-6-2-1-3-7-15)12-20(25)28-24(34)19-11-14-10-18(14)31(19)21(32)13-30-17-9-5-4-8-16(17)22(29-30)23(27)33/h1-9,14,18-20H,10-13H2,(H2,27,33)(H,28,34)/t14-,18-,19+,20?,25?/m1/s1. The number of aromatic nitrogens is 2. The Morgan fingerprint density at radius 2 is 1.82 bits per heavy atom. The molecule has 8 nitrogen and oxygen atoms in total. The van der Waals surface area contributed by atoms with Crippen molar-refractivity contribution < 1.29 is 18.8 Å². The van der Waals surface area contributed by atoms with Crippen molar-refractivity contribution in [3.8, 4) is 0 Å². The molecule has 3 amide bonds. The number of hydrogen-bond donors (Lipinski definition) is 2. The van der Waals surface area contributed by atoms with E-state index in [2.05, 4.69) is 10.4 Å². The Kier molecular flexibility index (Phi) is 4.52. The van der Waals surface area contributed by atoms with Gasteiger partial charge in [-0.05, 0) is 30.4 Å². The average molecular weight is 461 g/mol. The molecule has 2 unspecified atom stereocenters. The molecule has 3 aliphatic rings. The van der Waals surface area contributed by atoms with Crippen LogP contribution in [-0.2, 0) is 21.8 Å². The van der Waals surface area contributed by atoms with Crippen molar-refractivity contribution in [2.45, 2.75) is 49.6 Å². The molecule has 0 spiro atoms. The Hall–Kier alpha value is -3.75. The molecule has 6 rings (SSSR count). The summed E-state index contributed by atoms with van der Waals surface area (Å²) in [6, 6.07) is 14.7. The Labute approximate surface area is 194 Å². The molecule has 2 aliphatic carbocycles. The topological polar surface area (TPSA) is 110 Å². The Balaban J connectivity index is 1.19. The van der Waals surface area contributed by atoms with E-state index >= 15 is 4.39 Å². The average Bonchev–Trinajstić information content (AvgIpc) is 3.65. The number of nitrogens with one attached hydrogen (secondary N) is 1. The summed E-state index contributed by atoms with van der Waals surface area (Å²) >= 11 is 0. The van der Waals surface area contributed by atoms with Crippen molar-refractivity contribution in [3.63, 3.8) is 0 Å². The lowest BCUT2D eigenvalue weighted by Crippen LogP contribution is -2.50. The number of carbonyl (C=O) groups excluding carboxylic acids is 3. The van der Waals surface area contributed by atoms with Crippen LogP contribution in [-0.4, -0.2) is 50.5 Å². The summed E-state index contributed by atoms with van der Waals surface area (Å²) in [6.45, 7) is -0.110. The number of rotatable bonds is 6. The van der Waals surface area contributed by atoms with Gasteiger partial charge < -0.3 is 16.0 Å². The van der Waals surface area contributed by atoms with E-state index in [9.17, 15) is 14.4 Å². The van der Waals surface area contributed by atoms with E-state index in [1.807, 2.05) is 6.07 Å². The number of carbonyl (C=O) groups is 3. The summed E-state index contributed by atoms with van der Waals surface area (Å²) in [6.07, 6.45) is 1.67. The van der Waals surface area contributed by atoms with E-state index in [-0.39, 0.29) is 36.5 Å². The number of hydrogen-bond acceptors (Lipinski definition) is 4. The molecule has 34 heavy (non-hydrogen) atoms. The van der Waals surface area contributed by atoms with Crippen LogP contribution < -0.4 is 11.1 Å². The lowest BCUT2D eigenvalue weighted by molar-refractivity contribution is -0.140. The van der Waals surface area contributed by atoms with Crippen LogP contribution in [0.15, 0.2) is 54.6 Å². The minimum absolute atomic E-state index is 0.0177. The molecule has 5 atom stereocenters. The number of nitrogens with two attached hydrogens (primary N) is 1. The number of halogens is 1. The van der Waals surface area contributed by atoms with Crippen molar-refractivity contribution in [3.05, 3.63) is 65.9 Å². The third-order valence-corrected chi connectivity index (χ3v) is 7.33. The van der Waals surface area contributed by atoms with Gasteiger partial charge >= 0.3 is 0 Å². The summed E-state index contributed by atoms with van der Waals surface area (Å²) in [5.74, 6) is -0.941. The maximum absolute atomic E-state index is 15.2. The van der Waals surface area contributed by atoms with Gasteiger partial charge in [-0.1, -0.05) is 48.5 Å². The highest BCUT2D eigenvalue weighted by Crippen LogP contribution is 2.51. The molecule has 3 aromatic rings. The highest BCUT2D eigenvalue weighted by Gasteiger charge is 2.60. The predicted molar refractivity (Wildman–Crippen MR) is 121 cm³/mol. The molecule has 9 heteroatoms. The van der Waals surface area contributed by atoms with Crippen molar-refractivity contribution >= 4 is 28.6 Å². The zero-order chi connectivity index (χ0) is 23.6. The van der Waals surface area contributed by atoms with E-state index in [1.54, 1.807) is 53.4 Å². The molecule has 1 aliphatic heterocycles. The van der Waals surface area contributed by atoms with E-state index in [0.29, 0.717) is 28.8 Å². The first-order valence-electron chi connectivity index (χ1n) is 11.5. The predicted octanol–water partition coefficient (Wildman–Crippen LogP) is 1.88. The van der Waals surface area contributed by atoms with Crippen LogP contribution in [0.4, 0.5) is 4.39 Å². The van der Waals surface area contributed by atoms with Crippen LogP contribution in [0.5, 0.6) is 0 Å². The molecular formula is C25H24FN5O3. The number of alkyl halides is 1. The van der Waals surface area contributed by atoms with Gasteiger partial charge in [0.1, 0.15) is 12.6 Å². The first-order chi connectivity index (χ1) is 16.4. The van der Waals surface area contributed by atoms with Gasteiger partial charge in [-0.3, -0.25) is 19.1 Å². The number of amides is 3. The normalized spacial score (nSPS) is 29.0. The van der Waals surface area contributed by atoms with Gasteiger partial charge in [0.25, 0.3) is 5.91 Å². The fourth-order valence-corrected chi connectivity index (χ4v) is 5.39. The maximum Gasteiger partial charge on any atom is 0.269 e. The molecule has 3 N–H and O–H groups in total. The largest absolute Gasteiger partial charge is 0.364 e. The molecule has 0 bridgehead atoms. The summed E-state index contributed by atoms with van der Waals surface area (Å²) in [5.41, 5.74) is 5.18. The van der Waals surface area contributed by atoms with Crippen molar-refractivity contribution in [2.24, 2.45) is 11.7 Å². The van der Waals surface area contributed by atoms with E-state index in [0.717, 1.165) is 6.42 Å². The Bertz CT molecular complexity index is 1320. The SMILES string of the molecule is NC(=O)c1nn(CC(=O)N2[C@@H]3C[C@@H]3C[C@H]2C(=O)NC2CC2(F)c2ccccc2)c2ccccc12. The highest BCUT2D eigenvalue weighted by atomic mass is 19.1. The molecule has 2 saturated carbocycles. The minimum atomic E-state index is -1.56. The number of likely N-dealkylation sites (tertiary alicyclic amines) is 1. The molecule has 0 radical (unpaired) electrons. The molecule has 174 valence electrons. The zero-order valence-corrected chi connectivity index (χ0v) is 18.4. The quantitative estimate of drug-likeness (QED) is 0.584. The van der Waals surface area contributed by atoms with Gasteiger partial charge in [0.2, 0.25) is 11.8 Å². The fourth-order valence-electron chi connectivity index (χ4n) is 5.39. The van der Waals surface area contributed by atoms with Gasteiger partial charge in [-0.25, -0.2) is 4.39 Å². The molecule has 2 heterocycles. The van der Waals surface area contributed by atoms with Crippen molar-refractivity contribution in [2.75, 3.05) is 0 Å². The van der Waals surface area contributed by atoms with Crippen molar-refractivity contribution in [1.29, 1.82) is 0 Å². The van der Waals surface area contributed by atoms with E-state index in [4.69, 9.17) is 5.73 Å². The molecule has 2 aromatic carbocycles.